The van der Waals surface area contributed by atoms with E-state index in [0.29, 0.717) is 49.1 Å². The van der Waals surface area contributed by atoms with Gasteiger partial charge in [-0.1, -0.05) is 37.9 Å². The summed E-state index contributed by atoms with van der Waals surface area (Å²) in [6.45, 7) is 5.36. The molecule has 5 fully saturated rings. The highest BCUT2D eigenvalue weighted by molar-refractivity contribution is 7.13. The van der Waals surface area contributed by atoms with Gasteiger partial charge in [0, 0.05) is 51.7 Å². The Kier molecular flexibility index (Phi) is 15.5. The van der Waals surface area contributed by atoms with Crippen LogP contribution in [0.25, 0.3) is 10.4 Å². The van der Waals surface area contributed by atoms with Crippen LogP contribution in [0.15, 0.2) is 29.9 Å². The predicted molar refractivity (Wildman–Crippen MR) is 253 cm³/mol. The number of halogens is 2. The van der Waals surface area contributed by atoms with Gasteiger partial charge in [-0.3, -0.25) is 38.5 Å². The fraction of sp³-hybridized carbons (Fsp3) is 0.653. The van der Waals surface area contributed by atoms with Crippen molar-refractivity contribution in [1.82, 2.24) is 40.5 Å². The molecule has 2 aliphatic heterocycles. The Bertz CT molecular complexity index is 2290. The smallest absolute Gasteiger partial charge is 0.245 e. The first-order valence-electron chi connectivity index (χ1n) is 24.0. The zero-order chi connectivity index (χ0) is 49.2. The van der Waals surface area contributed by atoms with Crippen molar-refractivity contribution in [2.75, 3.05) is 34.2 Å². The Morgan fingerprint density at radius 2 is 1.76 bits per heavy atom. The molecule has 16 nitrogen and oxygen atoms in total. The van der Waals surface area contributed by atoms with Gasteiger partial charge in [0.05, 0.1) is 23.0 Å². The molecule has 3 heterocycles. The lowest BCUT2D eigenvalue weighted by Gasteiger charge is -2.58. The van der Waals surface area contributed by atoms with Gasteiger partial charge < -0.3 is 35.6 Å². The number of hydrogen-bond acceptors (Lipinski definition) is 10. The van der Waals surface area contributed by atoms with Crippen molar-refractivity contribution in [3.8, 4) is 16.5 Å². The number of hydrogen-bond donors (Lipinski definition) is 3. The summed E-state index contributed by atoms with van der Waals surface area (Å²) in [6, 6.07) is 0.841. The Morgan fingerprint density at radius 3 is 2.38 bits per heavy atom. The quantitative estimate of drug-likeness (QED) is 0.287. The van der Waals surface area contributed by atoms with Crippen molar-refractivity contribution in [1.29, 1.82) is 5.26 Å². The van der Waals surface area contributed by atoms with E-state index in [1.165, 1.54) is 45.0 Å². The first-order chi connectivity index (χ1) is 32.3. The molecule has 2 aromatic rings. The second kappa shape index (κ2) is 20.8. The minimum absolute atomic E-state index is 0.00770. The number of thiazole rings is 1. The summed E-state index contributed by atoms with van der Waals surface area (Å²) in [6.07, 6.45) is 6.08. The van der Waals surface area contributed by atoms with Crippen molar-refractivity contribution in [3.05, 3.63) is 40.5 Å². The number of carbonyl (C=O) groups is 7. The first-order valence-corrected chi connectivity index (χ1v) is 25.3. The topological polar surface area (TPSA) is 205 Å². The van der Waals surface area contributed by atoms with Gasteiger partial charge in [-0.05, 0) is 112 Å². The van der Waals surface area contributed by atoms with Gasteiger partial charge in [0.1, 0.15) is 47.8 Å². The number of amides is 7. The molecule has 1 spiro atoms. The number of benzene rings is 1. The van der Waals surface area contributed by atoms with Crippen LogP contribution in [0, 0.1) is 34.0 Å². The van der Waals surface area contributed by atoms with Crippen molar-refractivity contribution < 1.29 is 38.0 Å². The third-order valence-electron chi connectivity index (χ3n) is 14.9. The lowest BCUT2D eigenvalue weighted by atomic mass is 9.45. The van der Waals surface area contributed by atoms with Crippen LogP contribution in [0.1, 0.15) is 103 Å². The van der Waals surface area contributed by atoms with E-state index in [1.807, 2.05) is 19.9 Å². The normalized spacial score (nSPS) is 27.1. The summed E-state index contributed by atoms with van der Waals surface area (Å²) < 4.78 is 15.1. The molecule has 1 aromatic heterocycles. The molecule has 368 valence electrons. The van der Waals surface area contributed by atoms with Gasteiger partial charge in [0.25, 0.3) is 0 Å². The fourth-order valence-electron chi connectivity index (χ4n) is 10.8. The summed E-state index contributed by atoms with van der Waals surface area (Å²) in [7, 11) is 4.59. The molecule has 0 unspecified atom stereocenters. The van der Waals surface area contributed by atoms with Crippen molar-refractivity contribution in [2.24, 2.45) is 22.7 Å². The zero-order valence-corrected chi connectivity index (χ0v) is 41.5. The molecule has 3 saturated carbocycles. The van der Waals surface area contributed by atoms with Gasteiger partial charge in [-0.15, -0.1) is 11.3 Å². The van der Waals surface area contributed by atoms with Gasteiger partial charge in [0.15, 0.2) is 0 Å². The molecule has 7 rings (SSSR count). The number of likely N-dealkylation sites (tertiary alicyclic amines) is 1. The van der Waals surface area contributed by atoms with E-state index in [2.05, 4.69) is 27.0 Å². The molecule has 2 saturated heterocycles. The molecular formula is C49H65ClFN9O7S. The maximum absolute atomic E-state index is 15.1. The molecule has 0 radical (unpaired) electrons. The second-order valence-electron chi connectivity index (χ2n) is 20.5. The van der Waals surface area contributed by atoms with Crippen LogP contribution in [0.4, 0.5) is 4.39 Å². The zero-order valence-electron chi connectivity index (χ0n) is 39.9. The SMILES string of the molecule is CC(C)C[C@@H]1NC(=O)[C@@H](N(C)C(=O)[C@@H](NC(=O)[C@@H]2C[C@@H](F)CN2C(=O)C2(C#N)CC3(CCC3)C2)C2CC2)CCCCN(C)C(=O)[C@@H](C)NC(=O)[C@H](Cc2cc(Cl)ccc2-c2cncs2)N(C)C1=O. The molecular weight excluding hydrogens is 913 g/mol. The number of nitriles is 1. The molecule has 5 aliphatic rings. The Morgan fingerprint density at radius 1 is 1.04 bits per heavy atom. The molecule has 0 bridgehead atoms. The van der Waals surface area contributed by atoms with E-state index in [0.717, 1.165) is 29.7 Å². The second-order valence-corrected chi connectivity index (χ2v) is 21.8. The lowest BCUT2D eigenvalue weighted by Crippen LogP contribution is -2.61. The van der Waals surface area contributed by atoms with Crippen LogP contribution < -0.4 is 16.0 Å². The Hall–Kier alpha value is -5.15. The van der Waals surface area contributed by atoms with E-state index in [9.17, 15) is 38.8 Å². The Labute approximate surface area is 407 Å². The number of alkyl halides is 1. The molecule has 68 heavy (non-hydrogen) atoms. The average molecular weight is 979 g/mol. The Balaban J connectivity index is 1.13. The maximum atomic E-state index is 15.1. The summed E-state index contributed by atoms with van der Waals surface area (Å²) in [5, 5.41) is 19.2. The summed E-state index contributed by atoms with van der Waals surface area (Å²) in [4.78, 5) is 111. The molecule has 19 heteroatoms. The van der Waals surface area contributed by atoms with Crippen molar-refractivity contribution >= 4 is 64.3 Å². The standard InChI is InChI=1S/C49H65ClFN9O7S/c1-28(2)18-35-45(65)59(6)37(20-31-19-32(50)13-14-34(31)39-22-53-27-68-39)42(62)54-29(3)44(64)57(4)17-8-7-10-36(41(61)55-35)58(5)46(66)40(30-11-12-30)56-43(63)38-21-33(51)23-60(38)47(67)49(26-52)24-48(25-49)15-9-16-48/h13-14,19,22,27-30,33,35-38,40H,7-12,15-18,20-21,23-25H2,1-6H3,(H,54,62)(H,55,61)(H,56,63)/t29-,33-,35+,36+,37+,38+,40+/m1/s1. The van der Waals surface area contributed by atoms with Gasteiger partial charge in [-0.25, -0.2) is 4.39 Å². The van der Waals surface area contributed by atoms with Gasteiger partial charge in [-0.2, -0.15) is 5.26 Å². The predicted octanol–water partition coefficient (Wildman–Crippen LogP) is 4.65. The highest BCUT2D eigenvalue weighted by Gasteiger charge is 2.63. The first kappa shape index (κ1) is 50.7. The van der Waals surface area contributed by atoms with E-state index < -0.39 is 83.3 Å². The third kappa shape index (κ3) is 10.8. The molecule has 3 aliphatic carbocycles. The number of rotatable bonds is 11. The molecule has 1 aromatic carbocycles. The number of aromatic nitrogens is 1. The van der Waals surface area contributed by atoms with E-state index in [4.69, 9.17) is 11.6 Å². The molecule has 7 amide bonds. The summed E-state index contributed by atoms with van der Waals surface area (Å²) >= 11 is 7.90. The summed E-state index contributed by atoms with van der Waals surface area (Å²) in [5.74, 6) is -4.25. The summed E-state index contributed by atoms with van der Waals surface area (Å²) in [5.41, 5.74) is 1.79. The van der Waals surface area contributed by atoms with Gasteiger partial charge in [0.2, 0.25) is 41.4 Å². The van der Waals surface area contributed by atoms with Crippen LogP contribution >= 0.6 is 22.9 Å². The number of nitrogens with one attached hydrogen (secondary N) is 3. The van der Waals surface area contributed by atoms with Crippen LogP contribution in [0.5, 0.6) is 0 Å². The lowest BCUT2D eigenvalue weighted by molar-refractivity contribution is -0.160. The molecule has 7 atom stereocenters. The molecule has 3 N–H and O–H groups in total. The highest BCUT2D eigenvalue weighted by atomic mass is 35.5. The average Bonchev–Trinajstić information content (AvgIpc) is 3.81. The van der Waals surface area contributed by atoms with Crippen LogP contribution in [0.2, 0.25) is 5.02 Å². The third-order valence-corrected chi connectivity index (χ3v) is 16.0. The van der Waals surface area contributed by atoms with Crippen molar-refractivity contribution in [3.63, 3.8) is 0 Å². The van der Waals surface area contributed by atoms with E-state index >= 15 is 4.39 Å². The van der Waals surface area contributed by atoms with Crippen LogP contribution in [-0.4, -0.2) is 143 Å². The fourth-order valence-corrected chi connectivity index (χ4v) is 11.7. The number of nitrogens with zero attached hydrogens (tertiary/aromatic N) is 6. The largest absolute Gasteiger partial charge is 0.344 e. The number of carbonyl (C=O) groups excluding carboxylic acids is 7. The van der Waals surface area contributed by atoms with E-state index in [1.54, 1.807) is 37.8 Å². The number of likely N-dealkylation sites (N-methyl/N-ethyl adjacent to an activating group) is 3. The van der Waals surface area contributed by atoms with Crippen LogP contribution in [-0.2, 0) is 40.0 Å². The van der Waals surface area contributed by atoms with E-state index in [-0.39, 0.29) is 61.9 Å². The minimum Gasteiger partial charge on any atom is -0.344 e. The van der Waals surface area contributed by atoms with Crippen LogP contribution in [0.3, 0.4) is 0 Å². The van der Waals surface area contributed by atoms with Crippen molar-refractivity contribution in [2.45, 2.75) is 147 Å². The highest BCUT2D eigenvalue weighted by Crippen LogP contribution is 2.65. The van der Waals surface area contributed by atoms with Gasteiger partial charge >= 0.3 is 0 Å². The maximum Gasteiger partial charge on any atom is 0.245 e. The minimum atomic E-state index is -1.48. The monoisotopic (exact) mass is 977 g/mol.